The van der Waals surface area contributed by atoms with E-state index in [1.54, 1.807) is 0 Å². The van der Waals surface area contributed by atoms with E-state index in [1.165, 1.54) is 0 Å². The van der Waals surface area contributed by atoms with Crippen LogP contribution in [0, 0.1) is 6.92 Å². The highest BCUT2D eigenvalue weighted by Gasteiger charge is 2.22. The second kappa shape index (κ2) is 7.27. The minimum atomic E-state index is 0. The van der Waals surface area contributed by atoms with Crippen molar-refractivity contribution in [2.24, 2.45) is 0 Å². The smallest absolute Gasteiger partial charge is 0.253 e. The highest BCUT2D eigenvalue weighted by atomic mass is 79.9. The third-order valence-corrected chi connectivity index (χ3v) is 4.49. The molecular weight excluding hydrogens is 328 g/mol. The molecule has 0 spiro atoms. The summed E-state index contributed by atoms with van der Waals surface area (Å²) in [4.78, 5) is 14.3. The molecular formula is C14H20BrClN2O. The Morgan fingerprint density at radius 3 is 2.53 bits per heavy atom. The summed E-state index contributed by atoms with van der Waals surface area (Å²) < 4.78 is 1.05. The second-order valence-corrected chi connectivity index (χ2v) is 5.67. The molecule has 5 heteroatoms. The monoisotopic (exact) mass is 346 g/mol. The van der Waals surface area contributed by atoms with Crippen LogP contribution < -0.4 is 5.32 Å². The molecule has 1 aromatic rings. The fourth-order valence-electron chi connectivity index (χ4n) is 2.33. The summed E-state index contributed by atoms with van der Waals surface area (Å²) in [5.41, 5.74) is 1.89. The van der Waals surface area contributed by atoms with Crippen LogP contribution in [0.15, 0.2) is 22.7 Å². The number of nitrogens with one attached hydrogen (secondary N) is 1. The van der Waals surface area contributed by atoms with Gasteiger partial charge in [-0.05, 0) is 50.6 Å². The van der Waals surface area contributed by atoms with E-state index in [0.717, 1.165) is 41.5 Å². The van der Waals surface area contributed by atoms with Crippen molar-refractivity contribution >= 4 is 34.2 Å². The van der Waals surface area contributed by atoms with Crippen LogP contribution in [0.25, 0.3) is 0 Å². The van der Waals surface area contributed by atoms with Gasteiger partial charge in [-0.1, -0.05) is 15.9 Å². The Kier molecular flexibility index (Phi) is 6.30. The Hall–Kier alpha value is -0.580. The highest BCUT2D eigenvalue weighted by Crippen LogP contribution is 2.19. The van der Waals surface area contributed by atoms with E-state index in [-0.39, 0.29) is 18.3 Å². The number of likely N-dealkylation sites (tertiary alicyclic amines) is 1. The van der Waals surface area contributed by atoms with E-state index in [4.69, 9.17) is 0 Å². The number of piperidine rings is 1. The van der Waals surface area contributed by atoms with Crippen molar-refractivity contribution in [3.8, 4) is 0 Å². The predicted octanol–water partition coefficient (Wildman–Crippen LogP) is 3.00. The fraction of sp³-hybridized carbons (Fsp3) is 0.500. The van der Waals surface area contributed by atoms with Crippen LogP contribution in [0.5, 0.6) is 0 Å². The van der Waals surface area contributed by atoms with E-state index in [1.807, 2.05) is 37.1 Å². The lowest BCUT2D eigenvalue weighted by Crippen LogP contribution is -2.43. The van der Waals surface area contributed by atoms with Crippen molar-refractivity contribution in [3.63, 3.8) is 0 Å². The molecule has 3 nitrogen and oxygen atoms in total. The average molecular weight is 348 g/mol. The van der Waals surface area contributed by atoms with Gasteiger partial charge in [0.15, 0.2) is 0 Å². The average Bonchev–Trinajstić information content (AvgIpc) is 2.41. The summed E-state index contributed by atoms with van der Waals surface area (Å²) in [6.07, 6.45) is 2.08. The van der Waals surface area contributed by atoms with Gasteiger partial charge in [0.2, 0.25) is 0 Å². The van der Waals surface area contributed by atoms with Crippen molar-refractivity contribution in [2.75, 3.05) is 20.1 Å². The summed E-state index contributed by atoms with van der Waals surface area (Å²) in [6, 6.07) is 6.35. The summed E-state index contributed by atoms with van der Waals surface area (Å²) >= 11 is 3.46. The number of amides is 1. The van der Waals surface area contributed by atoms with Crippen molar-refractivity contribution in [1.29, 1.82) is 0 Å². The molecule has 106 valence electrons. The summed E-state index contributed by atoms with van der Waals surface area (Å²) in [5.74, 6) is 0.153. The Morgan fingerprint density at radius 1 is 1.37 bits per heavy atom. The SMILES string of the molecule is CNC1CCN(C(=O)c2ccc(Br)c(C)c2)CC1.Cl. The third-order valence-electron chi connectivity index (χ3n) is 3.60. The molecule has 0 saturated carbocycles. The Morgan fingerprint density at radius 2 is 2.00 bits per heavy atom. The van der Waals surface area contributed by atoms with E-state index >= 15 is 0 Å². The molecule has 1 fully saturated rings. The molecule has 1 aliphatic heterocycles. The molecule has 0 atom stereocenters. The first-order valence-electron chi connectivity index (χ1n) is 6.34. The molecule has 1 aliphatic rings. The lowest BCUT2D eigenvalue weighted by atomic mass is 10.0. The number of benzene rings is 1. The highest BCUT2D eigenvalue weighted by molar-refractivity contribution is 9.10. The maximum Gasteiger partial charge on any atom is 0.253 e. The standard InChI is InChI=1S/C14H19BrN2O.ClH/c1-10-9-11(3-4-13(10)15)14(18)17-7-5-12(16-2)6-8-17;/h3-4,9,12,16H,5-8H2,1-2H3;1H. The molecule has 0 unspecified atom stereocenters. The first-order valence-corrected chi connectivity index (χ1v) is 7.14. The fourth-order valence-corrected chi connectivity index (χ4v) is 2.58. The molecule has 0 bridgehead atoms. The van der Waals surface area contributed by atoms with Gasteiger partial charge in [-0.15, -0.1) is 12.4 Å². The number of rotatable bonds is 2. The number of hydrogen-bond donors (Lipinski definition) is 1. The van der Waals surface area contributed by atoms with Gasteiger partial charge in [-0.2, -0.15) is 0 Å². The molecule has 1 heterocycles. The Labute approximate surface area is 129 Å². The second-order valence-electron chi connectivity index (χ2n) is 4.82. The van der Waals surface area contributed by atoms with Gasteiger partial charge in [-0.25, -0.2) is 0 Å². The Bertz CT molecular complexity index is 445. The molecule has 0 aliphatic carbocycles. The summed E-state index contributed by atoms with van der Waals surface area (Å²) in [6.45, 7) is 3.70. The largest absolute Gasteiger partial charge is 0.339 e. The van der Waals surface area contributed by atoms with E-state index in [2.05, 4.69) is 21.2 Å². The molecule has 1 saturated heterocycles. The van der Waals surface area contributed by atoms with Gasteiger partial charge in [0, 0.05) is 29.2 Å². The van der Waals surface area contributed by atoms with Gasteiger partial charge >= 0.3 is 0 Å². The van der Waals surface area contributed by atoms with Crippen LogP contribution in [0.1, 0.15) is 28.8 Å². The summed E-state index contributed by atoms with van der Waals surface area (Å²) in [5, 5.41) is 3.28. The molecule has 1 aromatic carbocycles. The number of carbonyl (C=O) groups excluding carboxylic acids is 1. The number of halogens is 2. The van der Waals surface area contributed by atoms with Crippen LogP contribution in [0.2, 0.25) is 0 Å². The predicted molar refractivity (Wildman–Crippen MR) is 84.1 cm³/mol. The molecule has 1 N–H and O–H groups in total. The van der Waals surface area contributed by atoms with Gasteiger partial charge < -0.3 is 10.2 Å². The zero-order valence-corrected chi connectivity index (χ0v) is 13.7. The van der Waals surface area contributed by atoms with Crippen molar-refractivity contribution in [3.05, 3.63) is 33.8 Å². The zero-order valence-electron chi connectivity index (χ0n) is 11.3. The first kappa shape index (κ1) is 16.5. The molecule has 0 radical (unpaired) electrons. The third kappa shape index (κ3) is 3.94. The minimum Gasteiger partial charge on any atom is -0.339 e. The quantitative estimate of drug-likeness (QED) is 0.892. The molecule has 0 aromatic heterocycles. The number of carbonyl (C=O) groups is 1. The molecule has 2 rings (SSSR count). The lowest BCUT2D eigenvalue weighted by molar-refractivity contribution is 0.0707. The van der Waals surface area contributed by atoms with Crippen molar-refractivity contribution in [1.82, 2.24) is 10.2 Å². The van der Waals surface area contributed by atoms with E-state index < -0.39 is 0 Å². The van der Waals surface area contributed by atoms with Crippen LogP contribution in [-0.2, 0) is 0 Å². The maximum absolute atomic E-state index is 12.3. The number of hydrogen-bond acceptors (Lipinski definition) is 2. The lowest BCUT2D eigenvalue weighted by Gasteiger charge is -2.32. The van der Waals surface area contributed by atoms with Crippen LogP contribution in [0.4, 0.5) is 0 Å². The van der Waals surface area contributed by atoms with E-state index in [9.17, 15) is 4.79 Å². The maximum atomic E-state index is 12.3. The van der Waals surface area contributed by atoms with Crippen molar-refractivity contribution in [2.45, 2.75) is 25.8 Å². The van der Waals surface area contributed by atoms with Crippen LogP contribution in [-0.4, -0.2) is 37.0 Å². The van der Waals surface area contributed by atoms with Crippen LogP contribution >= 0.6 is 28.3 Å². The first-order chi connectivity index (χ1) is 8.61. The van der Waals surface area contributed by atoms with Gasteiger partial charge in [0.25, 0.3) is 5.91 Å². The number of aryl methyl sites for hydroxylation is 1. The molecule has 1 amide bonds. The Balaban J connectivity index is 0.00000180. The van der Waals surface area contributed by atoms with Gasteiger partial charge in [0.1, 0.15) is 0 Å². The van der Waals surface area contributed by atoms with E-state index in [0.29, 0.717) is 6.04 Å². The van der Waals surface area contributed by atoms with Crippen molar-refractivity contribution < 1.29 is 4.79 Å². The van der Waals surface area contributed by atoms with Gasteiger partial charge in [-0.3, -0.25) is 4.79 Å². The zero-order chi connectivity index (χ0) is 13.1. The number of nitrogens with zero attached hydrogens (tertiary/aromatic N) is 1. The topological polar surface area (TPSA) is 32.3 Å². The van der Waals surface area contributed by atoms with Crippen LogP contribution in [0.3, 0.4) is 0 Å². The minimum absolute atomic E-state index is 0. The van der Waals surface area contributed by atoms with Gasteiger partial charge in [0.05, 0.1) is 0 Å². The molecule has 19 heavy (non-hydrogen) atoms. The normalized spacial score (nSPS) is 16.1. The summed E-state index contributed by atoms with van der Waals surface area (Å²) in [7, 11) is 1.99.